The average Bonchev–Trinajstić information content (AvgIpc) is 3.06. The number of ether oxygens (including phenoxy) is 2. The molecule has 1 heterocycles. The van der Waals surface area contributed by atoms with Gasteiger partial charge in [-0.1, -0.05) is 96.8 Å². The minimum absolute atomic E-state index is 0.00993. The molecule has 0 bridgehead atoms. The molecule has 1 rings (SSSR count). The van der Waals surface area contributed by atoms with Gasteiger partial charge in [0.05, 0.1) is 18.6 Å². The molecule has 0 radical (unpaired) electrons. The lowest BCUT2D eigenvalue weighted by Gasteiger charge is -2.09. The zero-order valence-electron chi connectivity index (χ0n) is 16.1. The molecule has 3 heteroatoms. The van der Waals surface area contributed by atoms with Crippen LogP contribution in [0.2, 0.25) is 0 Å². The Morgan fingerprint density at radius 3 is 1.58 bits per heavy atom. The fraction of sp³-hybridized carbons (Fsp3) is 1.00. The highest BCUT2D eigenvalue weighted by atomic mass is 35.5. The highest BCUT2D eigenvalue weighted by Gasteiger charge is 2.24. The maximum Gasteiger partial charge on any atom is 0.158 e. The predicted molar refractivity (Wildman–Crippen MR) is 105 cm³/mol. The molecule has 144 valence electrons. The molecule has 0 amide bonds. The van der Waals surface area contributed by atoms with Crippen LogP contribution in [0, 0.1) is 0 Å². The topological polar surface area (TPSA) is 18.5 Å². The second-order valence-electron chi connectivity index (χ2n) is 7.41. The van der Waals surface area contributed by atoms with E-state index in [2.05, 4.69) is 6.92 Å². The molecule has 1 fully saturated rings. The number of hydrogen-bond acceptors (Lipinski definition) is 2. The second-order valence-corrected chi connectivity index (χ2v) is 7.72. The van der Waals surface area contributed by atoms with E-state index in [1.165, 1.54) is 96.3 Å². The Labute approximate surface area is 156 Å². The van der Waals surface area contributed by atoms with E-state index in [4.69, 9.17) is 21.1 Å². The van der Waals surface area contributed by atoms with E-state index in [9.17, 15) is 0 Å². The van der Waals surface area contributed by atoms with Crippen LogP contribution in [-0.4, -0.2) is 24.9 Å². The van der Waals surface area contributed by atoms with Gasteiger partial charge in [-0.3, -0.25) is 0 Å². The largest absolute Gasteiger partial charge is 0.350 e. The Morgan fingerprint density at radius 1 is 0.708 bits per heavy atom. The van der Waals surface area contributed by atoms with Crippen molar-refractivity contribution in [2.45, 2.75) is 122 Å². The molecule has 1 aliphatic heterocycles. The van der Waals surface area contributed by atoms with Crippen LogP contribution in [0.15, 0.2) is 0 Å². The summed E-state index contributed by atoms with van der Waals surface area (Å²) in [6.07, 6.45) is 22.3. The molecule has 0 spiro atoms. The van der Waals surface area contributed by atoms with Gasteiger partial charge in [0, 0.05) is 0 Å². The Bertz CT molecular complexity index is 260. The summed E-state index contributed by atoms with van der Waals surface area (Å²) in [5, 5.41) is 0. The van der Waals surface area contributed by atoms with E-state index in [-0.39, 0.29) is 12.4 Å². The molecular weight excluding hydrogens is 320 g/mol. The molecule has 0 aromatic heterocycles. The van der Waals surface area contributed by atoms with Crippen LogP contribution in [-0.2, 0) is 9.47 Å². The first-order valence-corrected chi connectivity index (χ1v) is 11.2. The van der Waals surface area contributed by atoms with Gasteiger partial charge < -0.3 is 9.47 Å². The van der Waals surface area contributed by atoms with Crippen molar-refractivity contribution in [2.75, 3.05) is 12.5 Å². The van der Waals surface area contributed by atoms with Crippen LogP contribution in [0.5, 0.6) is 0 Å². The van der Waals surface area contributed by atoms with Crippen molar-refractivity contribution >= 4 is 11.6 Å². The summed E-state index contributed by atoms with van der Waals surface area (Å²) < 4.78 is 11.2. The Balaban J connectivity index is 1.69. The van der Waals surface area contributed by atoms with E-state index in [0.717, 1.165) is 6.42 Å². The van der Waals surface area contributed by atoms with Crippen molar-refractivity contribution in [2.24, 2.45) is 0 Å². The number of alkyl halides is 1. The molecule has 0 N–H and O–H groups in total. The summed E-state index contributed by atoms with van der Waals surface area (Å²) in [7, 11) is 0. The molecule has 1 aliphatic rings. The molecule has 0 aliphatic carbocycles. The smallest absolute Gasteiger partial charge is 0.158 e. The Morgan fingerprint density at radius 2 is 1.17 bits per heavy atom. The molecule has 0 aromatic rings. The van der Waals surface area contributed by atoms with Crippen molar-refractivity contribution in [3.8, 4) is 0 Å². The average molecular weight is 361 g/mol. The first-order valence-electron chi connectivity index (χ1n) is 10.7. The maximum atomic E-state index is 5.77. The monoisotopic (exact) mass is 360 g/mol. The molecule has 2 unspecified atom stereocenters. The third kappa shape index (κ3) is 12.6. The fourth-order valence-electron chi connectivity index (χ4n) is 3.42. The first-order chi connectivity index (χ1) is 11.9. The SMILES string of the molecule is CCCCCCCCCCCCCCCCCC1OCC(CCl)O1. The molecule has 0 aromatic carbocycles. The minimum Gasteiger partial charge on any atom is -0.350 e. The van der Waals surface area contributed by atoms with Gasteiger partial charge in [0.15, 0.2) is 6.29 Å². The second kappa shape index (κ2) is 16.7. The van der Waals surface area contributed by atoms with Crippen LogP contribution < -0.4 is 0 Å². The van der Waals surface area contributed by atoms with Crippen LogP contribution in [0.1, 0.15) is 110 Å². The van der Waals surface area contributed by atoms with Crippen molar-refractivity contribution in [1.29, 1.82) is 0 Å². The van der Waals surface area contributed by atoms with Crippen LogP contribution in [0.3, 0.4) is 0 Å². The van der Waals surface area contributed by atoms with Gasteiger partial charge in [-0.25, -0.2) is 0 Å². The van der Waals surface area contributed by atoms with E-state index in [0.29, 0.717) is 12.5 Å². The van der Waals surface area contributed by atoms with Crippen molar-refractivity contribution < 1.29 is 9.47 Å². The summed E-state index contributed by atoms with van der Waals surface area (Å²) in [5.41, 5.74) is 0. The zero-order valence-corrected chi connectivity index (χ0v) is 16.8. The number of rotatable bonds is 17. The normalized spacial score (nSPS) is 20.8. The van der Waals surface area contributed by atoms with Gasteiger partial charge in [-0.2, -0.15) is 0 Å². The standard InChI is InChI=1S/C21H41ClO2/c1-2-3-4-5-6-7-8-9-10-11-12-13-14-15-16-17-21-23-19-20(18-22)24-21/h20-21H,2-19H2,1H3. The lowest BCUT2D eigenvalue weighted by Crippen LogP contribution is -2.13. The van der Waals surface area contributed by atoms with Crippen molar-refractivity contribution in [1.82, 2.24) is 0 Å². The third-order valence-corrected chi connectivity index (χ3v) is 5.37. The zero-order chi connectivity index (χ0) is 17.3. The van der Waals surface area contributed by atoms with Gasteiger partial charge in [-0.15, -0.1) is 11.6 Å². The molecule has 2 nitrogen and oxygen atoms in total. The van der Waals surface area contributed by atoms with Gasteiger partial charge in [0.1, 0.15) is 0 Å². The van der Waals surface area contributed by atoms with Gasteiger partial charge >= 0.3 is 0 Å². The molecule has 1 saturated heterocycles. The first kappa shape index (κ1) is 22.3. The highest BCUT2D eigenvalue weighted by molar-refractivity contribution is 6.18. The summed E-state index contributed by atoms with van der Waals surface area (Å²) in [6, 6.07) is 0. The third-order valence-electron chi connectivity index (χ3n) is 5.03. The molecular formula is C21H41ClO2. The van der Waals surface area contributed by atoms with Gasteiger partial charge in [0.2, 0.25) is 0 Å². The Kier molecular flexibility index (Phi) is 15.5. The highest BCUT2D eigenvalue weighted by Crippen LogP contribution is 2.19. The van der Waals surface area contributed by atoms with E-state index >= 15 is 0 Å². The van der Waals surface area contributed by atoms with E-state index < -0.39 is 0 Å². The van der Waals surface area contributed by atoms with Crippen LogP contribution in [0.25, 0.3) is 0 Å². The number of unbranched alkanes of at least 4 members (excludes halogenated alkanes) is 14. The van der Waals surface area contributed by atoms with E-state index in [1.54, 1.807) is 0 Å². The molecule has 24 heavy (non-hydrogen) atoms. The lowest BCUT2D eigenvalue weighted by molar-refractivity contribution is -0.0599. The van der Waals surface area contributed by atoms with Crippen molar-refractivity contribution in [3.05, 3.63) is 0 Å². The van der Waals surface area contributed by atoms with Crippen LogP contribution in [0.4, 0.5) is 0 Å². The van der Waals surface area contributed by atoms with Crippen molar-refractivity contribution in [3.63, 3.8) is 0 Å². The lowest BCUT2D eigenvalue weighted by atomic mass is 10.0. The molecule has 0 saturated carbocycles. The maximum absolute atomic E-state index is 5.77. The summed E-state index contributed by atoms with van der Waals surface area (Å²) >= 11 is 5.77. The number of hydrogen-bond donors (Lipinski definition) is 0. The number of halogens is 1. The summed E-state index contributed by atoms with van der Waals surface area (Å²) in [6.45, 7) is 2.96. The summed E-state index contributed by atoms with van der Waals surface area (Å²) in [5.74, 6) is 0.551. The summed E-state index contributed by atoms with van der Waals surface area (Å²) in [4.78, 5) is 0. The van der Waals surface area contributed by atoms with Crippen LogP contribution >= 0.6 is 11.6 Å². The fourth-order valence-corrected chi connectivity index (χ4v) is 3.58. The minimum atomic E-state index is 0.00993. The quantitative estimate of drug-likeness (QED) is 0.201. The van der Waals surface area contributed by atoms with Gasteiger partial charge in [-0.05, 0) is 12.8 Å². The van der Waals surface area contributed by atoms with E-state index in [1.807, 2.05) is 0 Å². The Hall–Kier alpha value is 0.210. The predicted octanol–water partition coefficient (Wildman–Crippen LogP) is 7.23. The van der Waals surface area contributed by atoms with Gasteiger partial charge in [0.25, 0.3) is 0 Å². The molecule has 2 atom stereocenters.